The molecule has 2 amide bonds. The number of benzene rings is 1. The highest BCUT2D eigenvalue weighted by Crippen LogP contribution is 2.29. The van der Waals surface area contributed by atoms with Crippen LogP contribution in [0, 0.1) is 19.8 Å². The van der Waals surface area contributed by atoms with Crippen molar-refractivity contribution in [3.05, 3.63) is 35.2 Å². The molecule has 3 rings (SSSR count). The van der Waals surface area contributed by atoms with E-state index in [0.717, 1.165) is 6.42 Å². The molecule has 1 aromatic carbocycles. The fraction of sp³-hybridized carbons (Fsp3) is 0.500. The maximum Gasteiger partial charge on any atom is 0.269 e. The van der Waals surface area contributed by atoms with Gasteiger partial charge in [0.25, 0.3) is 5.91 Å². The lowest BCUT2D eigenvalue weighted by atomic mass is 9.98. The number of amides is 2. The first-order valence-electron chi connectivity index (χ1n) is 11.0. The van der Waals surface area contributed by atoms with Crippen molar-refractivity contribution >= 4 is 21.8 Å². The molecule has 12 heteroatoms. The number of piperidine rings is 1. The summed E-state index contributed by atoms with van der Waals surface area (Å²) in [6.45, 7) is 5.99. The minimum Gasteiger partial charge on any atom is -0.493 e. The van der Waals surface area contributed by atoms with Crippen LogP contribution < -0.4 is 20.3 Å². The largest absolute Gasteiger partial charge is 0.493 e. The molecule has 0 spiro atoms. The van der Waals surface area contributed by atoms with E-state index in [4.69, 9.17) is 14.0 Å². The van der Waals surface area contributed by atoms with Crippen LogP contribution >= 0.6 is 0 Å². The molecule has 34 heavy (non-hydrogen) atoms. The van der Waals surface area contributed by atoms with Crippen LogP contribution in [0.4, 0.5) is 0 Å². The molecule has 0 unspecified atom stereocenters. The summed E-state index contributed by atoms with van der Waals surface area (Å²) in [5.74, 6) is -0.135. The smallest absolute Gasteiger partial charge is 0.269 e. The van der Waals surface area contributed by atoms with Gasteiger partial charge in [0.05, 0.1) is 13.7 Å². The molecule has 1 fully saturated rings. The predicted octanol–water partition coefficient (Wildman–Crippen LogP) is 1.95. The molecule has 0 radical (unpaired) electrons. The number of carbonyl (C=O) groups excluding carboxylic acids is 2. The monoisotopic (exact) mass is 494 g/mol. The maximum absolute atomic E-state index is 12.9. The normalized spacial score (nSPS) is 15.1. The predicted molar refractivity (Wildman–Crippen MR) is 122 cm³/mol. The van der Waals surface area contributed by atoms with Crippen LogP contribution in [0.5, 0.6) is 11.5 Å². The molecule has 1 saturated heterocycles. The number of aromatic nitrogens is 1. The Bertz CT molecular complexity index is 1120. The number of hydrogen-bond donors (Lipinski definition) is 2. The summed E-state index contributed by atoms with van der Waals surface area (Å²) in [6.07, 6.45) is 1.48. The van der Waals surface area contributed by atoms with Crippen LogP contribution in [0.15, 0.2) is 27.6 Å². The molecule has 186 valence electrons. The maximum atomic E-state index is 12.9. The van der Waals surface area contributed by atoms with Crippen molar-refractivity contribution in [2.75, 3.05) is 26.8 Å². The Morgan fingerprint density at radius 3 is 2.47 bits per heavy atom. The summed E-state index contributed by atoms with van der Waals surface area (Å²) in [6, 6.07) is 4.75. The average Bonchev–Trinajstić information content (AvgIpc) is 3.19. The highest BCUT2D eigenvalue weighted by molar-refractivity contribution is 7.89. The summed E-state index contributed by atoms with van der Waals surface area (Å²) in [7, 11) is -2.27. The van der Waals surface area contributed by atoms with Gasteiger partial charge < -0.3 is 14.0 Å². The van der Waals surface area contributed by atoms with Crippen molar-refractivity contribution in [1.29, 1.82) is 0 Å². The van der Waals surface area contributed by atoms with Gasteiger partial charge in [0.15, 0.2) is 17.3 Å². The quantitative estimate of drug-likeness (QED) is 0.531. The van der Waals surface area contributed by atoms with Gasteiger partial charge in [-0.1, -0.05) is 12.1 Å². The van der Waals surface area contributed by atoms with E-state index < -0.39 is 21.8 Å². The molecule has 2 aromatic rings. The van der Waals surface area contributed by atoms with E-state index in [2.05, 4.69) is 16.0 Å². The minimum atomic E-state index is -3.75. The molecular formula is C22H30N4O7S. The van der Waals surface area contributed by atoms with E-state index >= 15 is 0 Å². The van der Waals surface area contributed by atoms with Crippen molar-refractivity contribution in [2.24, 2.45) is 5.92 Å². The Balaban J connectivity index is 1.54. The number of aryl methyl sites for hydroxylation is 2. The van der Waals surface area contributed by atoms with Crippen molar-refractivity contribution < 1.29 is 32.0 Å². The molecule has 0 bridgehead atoms. The molecule has 0 aliphatic carbocycles. The van der Waals surface area contributed by atoms with Gasteiger partial charge in [-0.3, -0.25) is 20.4 Å². The third-order valence-electron chi connectivity index (χ3n) is 5.58. The molecule has 0 atom stereocenters. The van der Waals surface area contributed by atoms with Gasteiger partial charge in [-0.2, -0.15) is 4.31 Å². The Morgan fingerprint density at radius 1 is 1.18 bits per heavy atom. The Labute approximate surface area is 198 Å². The second-order valence-electron chi connectivity index (χ2n) is 7.99. The molecule has 1 aromatic heterocycles. The van der Waals surface area contributed by atoms with Gasteiger partial charge in [-0.15, -0.1) is 0 Å². The number of nitrogens with zero attached hydrogens (tertiary/aromatic N) is 2. The minimum absolute atomic E-state index is 0.0733. The third kappa shape index (κ3) is 5.50. The van der Waals surface area contributed by atoms with Crippen LogP contribution in [0.3, 0.4) is 0 Å². The van der Waals surface area contributed by atoms with Crippen LogP contribution in [0.2, 0.25) is 0 Å². The Kier molecular flexibility index (Phi) is 8.15. The molecule has 2 heterocycles. The lowest BCUT2D eigenvalue weighted by molar-refractivity contribution is -0.126. The van der Waals surface area contributed by atoms with E-state index in [1.165, 1.54) is 17.5 Å². The number of carbonyl (C=O) groups is 2. The zero-order valence-electron chi connectivity index (χ0n) is 19.7. The standard InChI is InChI=1S/C22H30N4O7S/c1-5-12-32-18-7-6-17(13-19(18)31-4)22(28)24-23-21(27)16-8-10-26(11-9-16)34(29,30)20-14(2)25-33-15(20)3/h6-7,13,16H,5,8-12H2,1-4H3,(H,23,27)(H,24,28). The van der Waals surface area contributed by atoms with E-state index in [1.807, 2.05) is 6.92 Å². The van der Waals surface area contributed by atoms with Crippen molar-refractivity contribution in [1.82, 2.24) is 20.3 Å². The topological polar surface area (TPSA) is 140 Å². The van der Waals surface area contributed by atoms with E-state index in [9.17, 15) is 18.0 Å². The van der Waals surface area contributed by atoms with Gasteiger partial charge in [0.1, 0.15) is 10.6 Å². The number of hydrazine groups is 1. The third-order valence-corrected chi connectivity index (χ3v) is 7.72. The number of rotatable bonds is 8. The summed E-state index contributed by atoms with van der Waals surface area (Å²) in [5.41, 5.74) is 5.43. The van der Waals surface area contributed by atoms with E-state index in [1.54, 1.807) is 26.0 Å². The van der Waals surface area contributed by atoms with Crippen molar-refractivity contribution in [2.45, 2.75) is 44.9 Å². The van der Waals surface area contributed by atoms with Gasteiger partial charge in [-0.05, 0) is 51.3 Å². The lowest BCUT2D eigenvalue weighted by Gasteiger charge is -2.30. The molecule has 0 saturated carbocycles. The SMILES string of the molecule is CCCOc1ccc(C(=O)NNC(=O)C2CCN(S(=O)(=O)c3c(C)noc3C)CC2)cc1OC. The van der Waals surface area contributed by atoms with E-state index in [0.29, 0.717) is 42.2 Å². The highest BCUT2D eigenvalue weighted by atomic mass is 32.2. The summed E-state index contributed by atoms with van der Waals surface area (Å²) < 4.78 is 43.0. The van der Waals surface area contributed by atoms with Crippen LogP contribution in [-0.4, -0.2) is 56.5 Å². The van der Waals surface area contributed by atoms with Gasteiger partial charge >= 0.3 is 0 Å². The number of nitrogens with one attached hydrogen (secondary N) is 2. The molecular weight excluding hydrogens is 464 g/mol. The Morgan fingerprint density at radius 2 is 1.88 bits per heavy atom. The molecule has 1 aliphatic heterocycles. The number of sulfonamides is 1. The Hall–Kier alpha value is -3.12. The van der Waals surface area contributed by atoms with Crippen LogP contribution in [0.25, 0.3) is 0 Å². The van der Waals surface area contributed by atoms with Crippen LogP contribution in [0.1, 0.15) is 48.0 Å². The second-order valence-corrected chi connectivity index (χ2v) is 9.86. The molecule has 2 N–H and O–H groups in total. The summed E-state index contributed by atoms with van der Waals surface area (Å²) in [4.78, 5) is 25.1. The van der Waals surface area contributed by atoms with Gasteiger partial charge in [0.2, 0.25) is 15.9 Å². The van der Waals surface area contributed by atoms with Gasteiger partial charge in [-0.25, -0.2) is 8.42 Å². The number of methoxy groups -OCH3 is 1. The molecule has 1 aliphatic rings. The summed E-state index contributed by atoms with van der Waals surface area (Å²) >= 11 is 0. The van der Waals surface area contributed by atoms with Crippen molar-refractivity contribution in [3.8, 4) is 11.5 Å². The van der Waals surface area contributed by atoms with E-state index in [-0.39, 0.29) is 29.7 Å². The number of ether oxygens (including phenoxy) is 2. The summed E-state index contributed by atoms with van der Waals surface area (Å²) in [5, 5.41) is 3.71. The molecule has 11 nitrogen and oxygen atoms in total. The average molecular weight is 495 g/mol. The van der Waals surface area contributed by atoms with Gasteiger partial charge in [0, 0.05) is 24.6 Å². The fourth-order valence-electron chi connectivity index (χ4n) is 3.76. The zero-order valence-corrected chi connectivity index (χ0v) is 20.5. The first kappa shape index (κ1) is 25.5. The van der Waals surface area contributed by atoms with Crippen LogP contribution in [-0.2, 0) is 14.8 Å². The zero-order chi connectivity index (χ0) is 24.9. The fourth-order valence-corrected chi connectivity index (χ4v) is 5.52. The first-order valence-corrected chi connectivity index (χ1v) is 12.5. The lowest BCUT2D eigenvalue weighted by Crippen LogP contribution is -2.48. The first-order chi connectivity index (χ1) is 16.2. The highest BCUT2D eigenvalue weighted by Gasteiger charge is 2.35. The number of hydrogen-bond acceptors (Lipinski definition) is 8. The second kappa shape index (κ2) is 10.9. The van der Waals surface area contributed by atoms with Crippen molar-refractivity contribution in [3.63, 3.8) is 0 Å².